The van der Waals surface area contributed by atoms with Gasteiger partial charge in [-0.3, -0.25) is 9.59 Å². The van der Waals surface area contributed by atoms with E-state index < -0.39 is 17.7 Å². The average Bonchev–Trinajstić information content (AvgIpc) is 3.37. The van der Waals surface area contributed by atoms with E-state index in [2.05, 4.69) is 0 Å². The van der Waals surface area contributed by atoms with Gasteiger partial charge in [0.05, 0.1) is 24.7 Å². The Morgan fingerprint density at radius 1 is 1.10 bits per heavy atom. The Kier molecular flexibility index (Phi) is 5.52. The number of likely N-dealkylation sites (tertiary alicyclic amines) is 1. The summed E-state index contributed by atoms with van der Waals surface area (Å²) in [4.78, 5) is 28.3. The molecule has 2 amide bonds. The van der Waals surface area contributed by atoms with E-state index in [4.69, 9.17) is 9.47 Å². The highest BCUT2D eigenvalue weighted by atomic mass is 19.4. The van der Waals surface area contributed by atoms with E-state index in [0.29, 0.717) is 26.3 Å². The molecule has 1 unspecified atom stereocenters. The molecule has 1 aromatic carbocycles. The maximum Gasteiger partial charge on any atom is 0.416 e. The molecule has 3 saturated heterocycles. The van der Waals surface area contributed by atoms with Gasteiger partial charge in [0, 0.05) is 37.7 Å². The van der Waals surface area contributed by atoms with E-state index in [-0.39, 0.29) is 42.7 Å². The molecule has 1 atom stereocenters. The van der Waals surface area contributed by atoms with Crippen LogP contribution in [0.1, 0.15) is 24.8 Å². The molecule has 29 heavy (non-hydrogen) atoms. The van der Waals surface area contributed by atoms with Gasteiger partial charge >= 0.3 is 6.18 Å². The Morgan fingerprint density at radius 3 is 2.45 bits per heavy atom. The summed E-state index contributed by atoms with van der Waals surface area (Å²) in [5.41, 5.74) is -0.634. The zero-order valence-corrected chi connectivity index (χ0v) is 15.9. The second-order valence-corrected chi connectivity index (χ2v) is 7.73. The number of alkyl halides is 3. The lowest BCUT2D eigenvalue weighted by atomic mass is 9.95. The van der Waals surface area contributed by atoms with Gasteiger partial charge < -0.3 is 19.3 Å². The number of anilines is 1. The predicted molar refractivity (Wildman–Crippen MR) is 96.9 cm³/mol. The number of carbonyl (C=O) groups excluding carboxylic acids is 2. The summed E-state index contributed by atoms with van der Waals surface area (Å²) in [7, 11) is 0. The van der Waals surface area contributed by atoms with Gasteiger partial charge in [-0.2, -0.15) is 13.2 Å². The van der Waals surface area contributed by atoms with Gasteiger partial charge in [0.15, 0.2) is 6.29 Å². The highest BCUT2D eigenvalue weighted by Crippen LogP contribution is 2.34. The van der Waals surface area contributed by atoms with E-state index in [1.165, 1.54) is 17.0 Å². The Hall–Kier alpha value is -2.13. The zero-order valence-electron chi connectivity index (χ0n) is 15.9. The first-order chi connectivity index (χ1) is 13.8. The Balaban J connectivity index is 1.37. The highest BCUT2D eigenvalue weighted by molar-refractivity contribution is 6.00. The molecule has 3 aliphatic rings. The number of amides is 2. The third-order valence-corrected chi connectivity index (χ3v) is 5.84. The van der Waals surface area contributed by atoms with E-state index in [1.54, 1.807) is 4.90 Å². The van der Waals surface area contributed by atoms with E-state index in [9.17, 15) is 22.8 Å². The number of ether oxygens (including phenoxy) is 2. The van der Waals surface area contributed by atoms with Crippen LogP contribution in [0.15, 0.2) is 24.3 Å². The van der Waals surface area contributed by atoms with Gasteiger partial charge in [0.25, 0.3) is 0 Å². The average molecular weight is 412 g/mol. The summed E-state index contributed by atoms with van der Waals surface area (Å²) >= 11 is 0. The number of nitrogens with zero attached hydrogens (tertiary/aromatic N) is 2. The maximum absolute atomic E-state index is 13.0. The number of hydrogen-bond acceptors (Lipinski definition) is 4. The molecule has 4 rings (SSSR count). The summed E-state index contributed by atoms with van der Waals surface area (Å²) in [5.74, 6) is -0.717. The summed E-state index contributed by atoms with van der Waals surface area (Å²) in [6.45, 7) is 2.44. The molecule has 0 aromatic heterocycles. The van der Waals surface area contributed by atoms with Crippen molar-refractivity contribution in [3.63, 3.8) is 0 Å². The van der Waals surface area contributed by atoms with Crippen LogP contribution in [0.3, 0.4) is 0 Å². The molecule has 0 spiro atoms. The molecule has 3 aliphatic heterocycles. The molecule has 0 bridgehead atoms. The second kappa shape index (κ2) is 7.95. The van der Waals surface area contributed by atoms with Crippen LogP contribution in [0.4, 0.5) is 18.9 Å². The van der Waals surface area contributed by atoms with Crippen LogP contribution in [0, 0.1) is 11.8 Å². The van der Waals surface area contributed by atoms with E-state index >= 15 is 0 Å². The molecule has 9 heteroatoms. The van der Waals surface area contributed by atoms with Crippen LogP contribution in [0.25, 0.3) is 0 Å². The first-order valence-electron chi connectivity index (χ1n) is 9.82. The van der Waals surface area contributed by atoms with Crippen LogP contribution in [0.2, 0.25) is 0 Å². The first kappa shape index (κ1) is 20.2. The minimum atomic E-state index is -4.48. The largest absolute Gasteiger partial charge is 0.416 e. The van der Waals surface area contributed by atoms with Crippen LogP contribution in [-0.4, -0.2) is 55.9 Å². The fraction of sp³-hybridized carbons (Fsp3) is 0.600. The van der Waals surface area contributed by atoms with Crippen molar-refractivity contribution in [2.75, 3.05) is 37.7 Å². The second-order valence-electron chi connectivity index (χ2n) is 7.73. The minimum Gasteiger partial charge on any atom is -0.350 e. The van der Waals surface area contributed by atoms with Crippen molar-refractivity contribution in [1.29, 1.82) is 0 Å². The van der Waals surface area contributed by atoms with Crippen molar-refractivity contribution in [2.24, 2.45) is 11.8 Å². The molecular formula is C20H23F3N2O4. The normalized spacial score (nSPS) is 24.5. The molecule has 3 fully saturated rings. The summed E-state index contributed by atoms with van der Waals surface area (Å²) in [6.07, 6.45) is -3.12. The van der Waals surface area contributed by atoms with Crippen molar-refractivity contribution in [3.05, 3.63) is 29.8 Å². The van der Waals surface area contributed by atoms with Gasteiger partial charge in [-0.1, -0.05) is 6.07 Å². The smallest absolute Gasteiger partial charge is 0.350 e. The van der Waals surface area contributed by atoms with Crippen LogP contribution < -0.4 is 4.90 Å². The molecular weight excluding hydrogens is 389 g/mol. The van der Waals surface area contributed by atoms with E-state index in [1.807, 2.05) is 0 Å². The standard InChI is InChI=1S/C20H23F3N2O4/c21-20(22,23)15-2-1-3-16(11-15)25-12-14(10-17(25)26)18(27)24-6-4-13(5-7-24)19-28-8-9-29-19/h1-3,11,13-14,19H,4-10,12H2. The van der Waals surface area contributed by atoms with Gasteiger partial charge in [-0.15, -0.1) is 0 Å². The van der Waals surface area contributed by atoms with Gasteiger partial charge in [-0.05, 0) is 31.0 Å². The number of halogens is 3. The monoisotopic (exact) mass is 412 g/mol. The molecule has 6 nitrogen and oxygen atoms in total. The zero-order chi connectivity index (χ0) is 20.6. The summed E-state index contributed by atoms with van der Waals surface area (Å²) in [5, 5.41) is 0. The van der Waals surface area contributed by atoms with Crippen molar-refractivity contribution in [3.8, 4) is 0 Å². The quantitative estimate of drug-likeness (QED) is 0.766. The molecule has 1 aromatic rings. The third kappa shape index (κ3) is 4.25. The molecule has 0 N–H and O–H groups in total. The van der Waals surface area contributed by atoms with Crippen molar-refractivity contribution >= 4 is 17.5 Å². The summed E-state index contributed by atoms with van der Waals surface area (Å²) < 4.78 is 50.0. The van der Waals surface area contributed by atoms with Crippen molar-refractivity contribution in [1.82, 2.24) is 4.90 Å². The predicted octanol–water partition coefficient (Wildman–Crippen LogP) is 2.67. The number of benzene rings is 1. The first-order valence-corrected chi connectivity index (χ1v) is 9.82. The van der Waals surface area contributed by atoms with Crippen LogP contribution in [0.5, 0.6) is 0 Å². The van der Waals surface area contributed by atoms with Crippen molar-refractivity contribution in [2.45, 2.75) is 31.7 Å². The highest BCUT2D eigenvalue weighted by Gasteiger charge is 2.40. The molecule has 3 heterocycles. The fourth-order valence-corrected chi connectivity index (χ4v) is 4.27. The number of carbonyl (C=O) groups is 2. The van der Waals surface area contributed by atoms with E-state index in [0.717, 1.165) is 25.0 Å². The Labute approximate surface area is 166 Å². The SMILES string of the molecule is O=C(C1CC(=O)N(c2cccc(C(F)(F)F)c2)C1)N1CCC(C2OCCO2)CC1. The molecule has 0 aliphatic carbocycles. The number of rotatable bonds is 3. The topological polar surface area (TPSA) is 59.1 Å². The lowest BCUT2D eigenvalue weighted by molar-refractivity contribution is -0.141. The molecule has 158 valence electrons. The van der Waals surface area contributed by atoms with Crippen LogP contribution >= 0.6 is 0 Å². The molecule has 0 radical (unpaired) electrons. The third-order valence-electron chi connectivity index (χ3n) is 5.84. The van der Waals surface area contributed by atoms with Gasteiger partial charge in [0.2, 0.25) is 11.8 Å². The van der Waals surface area contributed by atoms with Gasteiger partial charge in [-0.25, -0.2) is 0 Å². The fourth-order valence-electron chi connectivity index (χ4n) is 4.27. The number of piperidine rings is 1. The van der Waals surface area contributed by atoms with Crippen molar-refractivity contribution < 1.29 is 32.2 Å². The van der Waals surface area contributed by atoms with Crippen LogP contribution in [-0.2, 0) is 25.2 Å². The lowest BCUT2D eigenvalue weighted by Gasteiger charge is -2.35. The van der Waals surface area contributed by atoms with Gasteiger partial charge in [0.1, 0.15) is 0 Å². The Morgan fingerprint density at radius 2 is 1.79 bits per heavy atom. The number of hydrogen-bond donors (Lipinski definition) is 0. The maximum atomic E-state index is 13.0. The summed E-state index contributed by atoms with van der Waals surface area (Å²) in [6, 6.07) is 4.66. The lowest BCUT2D eigenvalue weighted by Crippen LogP contribution is -2.44. The molecule has 0 saturated carbocycles. The minimum absolute atomic E-state index is 0.0177. The Bertz CT molecular complexity index is 771.